The SMILES string of the molecule is C[C@@H]1CN(c2ccc(C3CCC(=O)NC3=O)cc2)C[C@H](C)N1CC1CCN(C(=O)Cn2cc(-c3ccc(NC(=O)[C@@H](NCCc4ccc(C(F)(F)F)cc4)c4ccccc4)nc3)cn2)CC1. The Balaban J connectivity index is 0.780. The molecular weight excluding hydrogens is 848 g/mol. The minimum atomic E-state index is -4.40. The summed E-state index contributed by atoms with van der Waals surface area (Å²) < 4.78 is 40.6. The molecule has 3 aromatic carbocycles. The van der Waals surface area contributed by atoms with E-state index in [1.165, 1.54) is 12.1 Å². The predicted octanol–water partition coefficient (Wildman–Crippen LogP) is 6.83. The Morgan fingerprint density at radius 3 is 2.21 bits per heavy atom. The maximum atomic E-state index is 13.5. The van der Waals surface area contributed by atoms with Crippen molar-refractivity contribution in [3.63, 3.8) is 0 Å². The van der Waals surface area contributed by atoms with Crippen molar-refractivity contribution < 1.29 is 32.3 Å². The second-order valence-corrected chi connectivity index (χ2v) is 17.8. The van der Waals surface area contributed by atoms with Gasteiger partial charge in [-0.3, -0.25) is 34.1 Å². The van der Waals surface area contributed by atoms with E-state index in [0.717, 1.165) is 72.5 Å². The summed E-state index contributed by atoms with van der Waals surface area (Å²) in [4.78, 5) is 62.4. The Labute approximate surface area is 382 Å². The molecule has 0 bridgehead atoms. The van der Waals surface area contributed by atoms with Gasteiger partial charge in [-0.2, -0.15) is 18.3 Å². The zero-order valence-electron chi connectivity index (χ0n) is 37.2. The van der Waals surface area contributed by atoms with Gasteiger partial charge in [0.25, 0.3) is 0 Å². The summed E-state index contributed by atoms with van der Waals surface area (Å²) in [5.41, 5.74) is 4.38. The van der Waals surface area contributed by atoms with Crippen molar-refractivity contribution in [2.75, 3.05) is 49.5 Å². The Morgan fingerprint density at radius 1 is 0.848 bits per heavy atom. The first kappa shape index (κ1) is 46.2. The van der Waals surface area contributed by atoms with Gasteiger partial charge in [-0.05, 0) is 98.5 Å². The van der Waals surface area contributed by atoms with Crippen LogP contribution in [0.2, 0.25) is 0 Å². The number of piperidine rings is 2. The van der Waals surface area contributed by atoms with Gasteiger partial charge >= 0.3 is 6.18 Å². The molecule has 0 aliphatic carbocycles. The van der Waals surface area contributed by atoms with Crippen LogP contribution in [0.4, 0.5) is 24.7 Å². The highest BCUT2D eigenvalue weighted by atomic mass is 19.4. The van der Waals surface area contributed by atoms with Crippen molar-refractivity contribution in [3.8, 4) is 11.1 Å². The highest BCUT2D eigenvalue weighted by Crippen LogP contribution is 2.31. The van der Waals surface area contributed by atoms with Gasteiger partial charge in [0.15, 0.2) is 0 Å². The van der Waals surface area contributed by atoms with Gasteiger partial charge in [-0.25, -0.2) is 4.98 Å². The van der Waals surface area contributed by atoms with E-state index in [1.54, 1.807) is 23.1 Å². The molecule has 4 atom stereocenters. The number of carbonyl (C=O) groups excluding carboxylic acids is 4. The molecule has 0 saturated carbocycles. The van der Waals surface area contributed by atoms with E-state index in [9.17, 15) is 32.3 Å². The molecule has 5 heterocycles. The van der Waals surface area contributed by atoms with Crippen LogP contribution in [0.25, 0.3) is 11.1 Å². The van der Waals surface area contributed by atoms with E-state index >= 15 is 0 Å². The number of anilines is 2. The highest BCUT2D eigenvalue weighted by molar-refractivity contribution is 6.01. The van der Waals surface area contributed by atoms with Crippen molar-refractivity contribution in [1.82, 2.24) is 35.2 Å². The van der Waals surface area contributed by atoms with Gasteiger partial charge in [0.05, 0.1) is 17.7 Å². The molecule has 8 rings (SSSR count). The molecule has 3 aliphatic rings. The number of alkyl halides is 3. The van der Waals surface area contributed by atoms with Crippen LogP contribution in [0.15, 0.2) is 110 Å². The number of carbonyl (C=O) groups is 4. The molecule has 3 aliphatic heterocycles. The maximum Gasteiger partial charge on any atom is 0.416 e. The van der Waals surface area contributed by atoms with Crippen molar-refractivity contribution in [3.05, 3.63) is 132 Å². The Kier molecular flexibility index (Phi) is 14.3. The van der Waals surface area contributed by atoms with Crippen LogP contribution in [-0.4, -0.2) is 99.5 Å². The van der Waals surface area contributed by atoms with E-state index in [2.05, 4.69) is 61.8 Å². The summed E-state index contributed by atoms with van der Waals surface area (Å²) in [6, 6.07) is 25.9. The number of nitrogens with one attached hydrogen (secondary N) is 3. The number of likely N-dealkylation sites (tertiary alicyclic amines) is 1. The minimum absolute atomic E-state index is 0.0270. The molecule has 4 amide bonds. The lowest BCUT2D eigenvalue weighted by atomic mass is 9.90. The number of benzene rings is 3. The average Bonchev–Trinajstić information content (AvgIpc) is 3.78. The van der Waals surface area contributed by atoms with Gasteiger partial charge < -0.3 is 20.4 Å². The number of imide groups is 1. The molecule has 3 fully saturated rings. The largest absolute Gasteiger partial charge is 0.416 e. The molecule has 1 unspecified atom stereocenters. The fourth-order valence-corrected chi connectivity index (χ4v) is 9.42. The van der Waals surface area contributed by atoms with Crippen LogP contribution in [0, 0.1) is 5.92 Å². The van der Waals surface area contributed by atoms with Crippen LogP contribution in [0.5, 0.6) is 0 Å². The zero-order chi connectivity index (χ0) is 46.4. The molecular formula is C50H56F3N9O4. The molecule has 0 radical (unpaired) electrons. The molecule has 16 heteroatoms. The predicted molar refractivity (Wildman–Crippen MR) is 245 cm³/mol. The molecule has 2 aromatic heterocycles. The van der Waals surface area contributed by atoms with Gasteiger partial charge in [0.1, 0.15) is 18.4 Å². The smallest absolute Gasteiger partial charge is 0.368 e. The lowest BCUT2D eigenvalue weighted by Gasteiger charge is -2.47. The first-order chi connectivity index (χ1) is 31.8. The van der Waals surface area contributed by atoms with Crippen molar-refractivity contribution in [2.24, 2.45) is 5.92 Å². The van der Waals surface area contributed by atoms with Crippen molar-refractivity contribution in [2.45, 2.75) is 82.7 Å². The normalized spacial score (nSPS) is 20.2. The van der Waals surface area contributed by atoms with E-state index < -0.39 is 17.8 Å². The third-order valence-electron chi connectivity index (χ3n) is 13.2. The number of rotatable bonds is 14. The van der Waals surface area contributed by atoms with E-state index in [0.29, 0.717) is 68.3 Å². The summed E-state index contributed by atoms with van der Waals surface area (Å²) in [5, 5.41) is 13.0. The van der Waals surface area contributed by atoms with Crippen LogP contribution in [0.3, 0.4) is 0 Å². The highest BCUT2D eigenvalue weighted by Gasteiger charge is 2.34. The topological polar surface area (TPSA) is 145 Å². The quantitative estimate of drug-likeness (QED) is 0.102. The first-order valence-electron chi connectivity index (χ1n) is 22.7. The van der Waals surface area contributed by atoms with Crippen molar-refractivity contribution in [1.29, 1.82) is 0 Å². The summed E-state index contributed by atoms with van der Waals surface area (Å²) in [6.07, 6.45) is 3.97. The number of hydrogen-bond acceptors (Lipinski definition) is 9. The van der Waals surface area contributed by atoms with E-state index in [4.69, 9.17) is 0 Å². The number of pyridine rings is 1. The molecule has 66 heavy (non-hydrogen) atoms. The van der Waals surface area contributed by atoms with Crippen LogP contribution >= 0.6 is 0 Å². The molecule has 3 saturated heterocycles. The number of amides is 4. The number of piperazine rings is 1. The number of aromatic nitrogens is 3. The Hall–Kier alpha value is -6.39. The number of nitrogens with zero attached hydrogens (tertiary/aromatic N) is 6. The standard InChI is InChI=1S/C50H56F3N9O4/c1-33-28-60(42-15-10-37(11-16-42)43-17-19-45(63)58-48(43)65)29-34(2)62(33)30-36-21-24-59(25-22-36)46(64)32-61-31-40(27-56-61)39-12-18-44(55-26-39)57-49(66)47(38-6-4-3-5-7-38)54-23-20-35-8-13-41(14-9-35)50(51,52)53/h3-16,18,26-27,31,33-34,36,43,47,54H,17,19-25,28-30,32H2,1-2H3,(H,55,57,66)(H,58,63,65)/t33-,34+,43?,47-/m0/s1. The van der Waals surface area contributed by atoms with Crippen LogP contribution in [0.1, 0.15) is 73.7 Å². The van der Waals surface area contributed by atoms with Gasteiger partial charge in [-0.1, -0.05) is 54.6 Å². The van der Waals surface area contributed by atoms with Crippen LogP contribution in [-0.2, 0) is 38.3 Å². The lowest BCUT2D eigenvalue weighted by molar-refractivity contribution is -0.138. The first-order valence-corrected chi connectivity index (χ1v) is 22.7. The summed E-state index contributed by atoms with van der Waals surface area (Å²) in [5.74, 6) is -0.169. The van der Waals surface area contributed by atoms with E-state index in [-0.39, 0.29) is 36.1 Å². The monoisotopic (exact) mass is 903 g/mol. The Bertz CT molecular complexity index is 2440. The Morgan fingerprint density at radius 2 is 1.56 bits per heavy atom. The third-order valence-corrected chi connectivity index (χ3v) is 13.2. The van der Waals surface area contributed by atoms with Crippen LogP contribution < -0.4 is 20.9 Å². The zero-order valence-corrected chi connectivity index (χ0v) is 37.2. The number of halogens is 3. The fraction of sp³-hybridized carbons (Fsp3) is 0.400. The number of hydrogen-bond donors (Lipinski definition) is 3. The maximum absolute atomic E-state index is 13.5. The van der Waals surface area contributed by atoms with E-state index in [1.807, 2.05) is 59.6 Å². The minimum Gasteiger partial charge on any atom is -0.368 e. The second kappa shape index (κ2) is 20.4. The lowest BCUT2D eigenvalue weighted by Crippen LogP contribution is -2.58. The summed E-state index contributed by atoms with van der Waals surface area (Å²) in [6.45, 7) is 9.24. The average molecular weight is 904 g/mol. The molecule has 5 aromatic rings. The van der Waals surface area contributed by atoms with Crippen molar-refractivity contribution >= 4 is 35.1 Å². The summed E-state index contributed by atoms with van der Waals surface area (Å²) >= 11 is 0. The third kappa shape index (κ3) is 11.3. The van der Waals surface area contributed by atoms with Gasteiger partial charge in [0.2, 0.25) is 23.6 Å². The van der Waals surface area contributed by atoms with Gasteiger partial charge in [-0.15, -0.1) is 0 Å². The molecule has 0 spiro atoms. The summed E-state index contributed by atoms with van der Waals surface area (Å²) in [7, 11) is 0. The molecule has 3 N–H and O–H groups in total. The molecule has 346 valence electrons. The fourth-order valence-electron chi connectivity index (χ4n) is 9.42. The van der Waals surface area contributed by atoms with Gasteiger partial charge in [0, 0.05) is 87.0 Å². The second-order valence-electron chi connectivity index (χ2n) is 17.8. The molecule has 13 nitrogen and oxygen atoms in total.